The minimum absolute atomic E-state index is 0.762. The Morgan fingerprint density at radius 3 is 2.61 bits per heavy atom. The molecule has 0 heterocycles. The average Bonchev–Trinajstić information content (AvgIpc) is 3.38. The van der Waals surface area contributed by atoms with E-state index >= 15 is 0 Å². The van der Waals surface area contributed by atoms with Crippen LogP contribution in [0.15, 0.2) is 18.2 Å². The van der Waals surface area contributed by atoms with E-state index < -0.39 is 0 Å². The van der Waals surface area contributed by atoms with Crippen molar-refractivity contribution in [2.45, 2.75) is 32.6 Å². The van der Waals surface area contributed by atoms with Gasteiger partial charge in [-0.05, 0) is 61.5 Å². The number of hydrogen-bond donors (Lipinski definition) is 1. The average molecular weight is 337 g/mol. The third kappa shape index (κ3) is 5.57. The third-order valence-corrected chi connectivity index (χ3v) is 4.50. The summed E-state index contributed by atoms with van der Waals surface area (Å²) in [5.74, 6) is 2.39. The van der Waals surface area contributed by atoms with Crippen molar-refractivity contribution in [3.05, 3.63) is 23.8 Å². The predicted molar refractivity (Wildman–Crippen MR) is 98.4 cm³/mol. The smallest absolute Gasteiger partial charge is 0.168 e. The van der Waals surface area contributed by atoms with E-state index in [1.165, 1.54) is 18.4 Å². The molecule has 5 heteroatoms. The molecule has 1 saturated carbocycles. The summed E-state index contributed by atoms with van der Waals surface area (Å²) in [6.45, 7) is 5.18. The maximum atomic E-state index is 5.56. The van der Waals surface area contributed by atoms with Crippen LogP contribution in [-0.2, 0) is 6.42 Å². The van der Waals surface area contributed by atoms with Crippen LogP contribution < -0.4 is 14.8 Å². The van der Waals surface area contributed by atoms with E-state index in [2.05, 4.69) is 23.2 Å². The van der Waals surface area contributed by atoms with Crippen LogP contribution >= 0.6 is 12.2 Å². The van der Waals surface area contributed by atoms with E-state index in [9.17, 15) is 0 Å². The van der Waals surface area contributed by atoms with Crippen LogP contribution in [0.2, 0.25) is 0 Å². The number of rotatable bonds is 9. The van der Waals surface area contributed by atoms with E-state index in [-0.39, 0.29) is 0 Å². The molecule has 128 valence electrons. The molecule has 0 unspecified atom stereocenters. The van der Waals surface area contributed by atoms with Gasteiger partial charge in [-0.2, -0.15) is 0 Å². The van der Waals surface area contributed by atoms with Crippen LogP contribution in [0.25, 0.3) is 0 Å². The Labute approximate surface area is 145 Å². The molecule has 1 aromatic rings. The van der Waals surface area contributed by atoms with E-state index in [0.29, 0.717) is 0 Å². The first-order valence-electron chi connectivity index (χ1n) is 8.41. The Kier molecular flexibility index (Phi) is 6.96. The highest BCUT2D eigenvalue weighted by molar-refractivity contribution is 7.80. The number of thiocarbonyl (C=S) groups is 1. The van der Waals surface area contributed by atoms with Crippen molar-refractivity contribution in [2.75, 3.05) is 33.9 Å². The largest absolute Gasteiger partial charge is 0.493 e. The van der Waals surface area contributed by atoms with Crippen molar-refractivity contribution in [3.8, 4) is 11.5 Å². The molecule has 0 saturated heterocycles. The fourth-order valence-electron chi connectivity index (χ4n) is 2.62. The molecule has 2 rings (SSSR count). The summed E-state index contributed by atoms with van der Waals surface area (Å²) in [4.78, 5) is 2.32. The Morgan fingerprint density at radius 1 is 1.26 bits per heavy atom. The zero-order chi connectivity index (χ0) is 16.7. The van der Waals surface area contributed by atoms with Gasteiger partial charge in [-0.15, -0.1) is 0 Å². The van der Waals surface area contributed by atoms with Crippen molar-refractivity contribution >= 4 is 17.3 Å². The maximum absolute atomic E-state index is 5.56. The molecule has 23 heavy (non-hydrogen) atoms. The van der Waals surface area contributed by atoms with Crippen LogP contribution in [0.5, 0.6) is 11.5 Å². The summed E-state index contributed by atoms with van der Waals surface area (Å²) in [5, 5.41) is 4.29. The topological polar surface area (TPSA) is 33.7 Å². The van der Waals surface area contributed by atoms with E-state index in [1.807, 2.05) is 12.1 Å². The summed E-state index contributed by atoms with van der Waals surface area (Å²) in [5.41, 5.74) is 1.21. The highest BCUT2D eigenvalue weighted by Gasteiger charge is 2.24. The number of hydrogen-bond acceptors (Lipinski definition) is 3. The van der Waals surface area contributed by atoms with Gasteiger partial charge in [0.2, 0.25) is 0 Å². The van der Waals surface area contributed by atoms with Crippen LogP contribution in [0.4, 0.5) is 0 Å². The fraction of sp³-hybridized carbons (Fsp3) is 0.611. The Bertz CT molecular complexity index is 518. The van der Waals surface area contributed by atoms with E-state index in [4.69, 9.17) is 21.7 Å². The van der Waals surface area contributed by atoms with Gasteiger partial charge in [-0.25, -0.2) is 0 Å². The zero-order valence-corrected chi connectivity index (χ0v) is 15.2. The molecule has 1 N–H and O–H groups in total. The summed E-state index contributed by atoms with van der Waals surface area (Å²) < 4.78 is 10.6. The van der Waals surface area contributed by atoms with Crippen molar-refractivity contribution < 1.29 is 9.47 Å². The summed E-state index contributed by atoms with van der Waals surface area (Å²) in [6.07, 6.45) is 4.75. The molecule has 0 bridgehead atoms. The fourth-order valence-corrected chi connectivity index (χ4v) is 2.89. The highest BCUT2D eigenvalue weighted by Crippen LogP contribution is 2.30. The maximum Gasteiger partial charge on any atom is 0.168 e. The van der Waals surface area contributed by atoms with Crippen LogP contribution in [0.3, 0.4) is 0 Å². The second-order valence-electron chi connectivity index (χ2n) is 6.06. The number of methoxy groups -OCH3 is 2. The zero-order valence-electron chi connectivity index (χ0n) is 14.4. The first-order valence-corrected chi connectivity index (χ1v) is 8.82. The quantitative estimate of drug-likeness (QED) is 0.700. The van der Waals surface area contributed by atoms with Gasteiger partial charge in [0.25, 0.3) is 0 Å². The molecule has 0 aromatic heterocycles. The lowest BCUT2D eigenvalue weighted by molar-refractivity contribution is 0.354. The second-order valence-corrected chi connectivity index (χ2v) is 6.45. The minimum atomic E-state index is 0.762. The van der Waals surface area contributed by atoms with Crippen LogP contribution in [-0.4, -0.2) is 43.9 Å². The normalized spacial score (nSPS) is 13.5. The van der Waals surface area contributed by atoms with Crippen molar-refractivity contribution in [2.24, 2.45) is 5.92 Å². The number of benzene rings is 1. The van der Waals surface area contributed by atoms with E-state index in [0.717, 1.165) is 55.0 Å². The molecule has 0 aliphatic heterocycles. The molecule has 0 spiro atoms. The molecule has 0 atom stereocenters. The number of nitrogens with one attached hydrogen (secondary N) is 1. The lowest BCUT2D eigenvalue weighted by Gasteiger charge is -2.25. The monoisotopic (exact) mass is 336 g/mol. The minimum Gasteiger partial charge on any atom is -0.493 e. The van der Waals surface area contributed by atoms with Crippen molar-refractivity contribution in [3.63, 3.8) is 0 Å². The lowest BCUT2D eigenvalue weighted by Crippen LogP contribution is -2.42. The SMILES string of the molecule is CCCN(CC1CC1)C(=S)NCCc1ccc(OC)c(OC)c1. The molecule has 1 aromatic carbocycles. The van der Waals surface area contributed by atoms with Crippen molar-refractivity contribution in [1.82, 2.24) is 10.2 Å². The van der Waals surface area contributed by atoms with Gasteiger partial charge in [0.1, 0.15) is 0 Å². The van der Waals surface area contributed by atoms with Gasteiger partial charge in [-0.3, -0.25) is 0 Å². The summed E-state index contributed by atoms with van der Waals surface area (Å²) in [7, 11) is 3.31. The molecule has 1 aliphatic carbocycles. The molecule has 4 nitrogen and oxygen atoms in total. The predicted octanol–water partition coefficient (Wildman–Crippen LogP) is 3.24. The van der Waals surface area contributed by atoms with Crippen molar-refractivity contribution in [1.29, 1.82) is 0 Å². The molecular formula is C18H28N2O2S. The molecule has 1 aliphatic rings. The lowest BCUT2D eigenvalue weighted by atomic mass is 10.1. The number of ether oxygens (including phenoxy) is 2. The second kappa shape index (κ2) is 8.96. The first-order chi connectivity index (χ1) is 11.2. The van der Waals surface area contributed by atoms with Gasteiger partial charge >= 0.3 is 0 Å². The van der Waals surface area contributed by atoms with Crippen LogP contribution in [0, 0.1) is 5.92 Å². The highest BCUT2D eigenvalue weighted by atomic mass is 32.1. The number of nitrogens with zero attached hydrogens (tertiary/aromatic N) is 1. The first kappa shape index (κ1) is 17.9. The Hall–Kier alpha value is -1.49. The Balaban J connectivity index is 1.81. The third-order valence-electron chi connectivity index (χ3n) is 4.09. The molecular weight excluding hydrogens is 308 g/mol. The summed E-state index contributed by atoms with van der Waals surface area (Å²) >= 11 is 5.56. The molecule has 0 amide bonds. The Morgan fingerprint density at radius 2 is 2.00 bits per heavy atom. The van der Waals surface area contributed by atoms with E-state index in [1.54, 1.807) is 14.2 Å². The molecule has 0 radical (unpaired) electrons. The van der Waals surface area contributed by atoms with Crippen LogP contribution in [0.1, 0.15) is 31.7 Å². The van der Waals surface area contributed by atoms with Gasteiger partial charge in [-0.1, -0.05) is 13.0 Å². The molecule has 1 fully saturated rings. The van der Waals surface area contributed by atoms with Gasteiger partial charge in [0, 0.05) is 19.6 Å². The summed E-state index contributed by atoms with van der Waals surface area (Å²) in [6, 6.07) is 6.04. The van der Waals surface area contributed by atoms with Gasteiger partial charge in [0.05, 0.1) is 14.2 Å². The standard InChI is InChI=1S/C18H28N2O2S/c1-4-11-20(13-15-5-6-15)18(23)19-10-9-14-7-8-16(21-2)17(12-14)22-3/h7-8,12,15H,4-6,9-11,13H2,1-3H3,(H,19,23). The van der Waals surface area contributed by atoms with Gasteiger partial charge in [0.15, 0.2) is 16.6 Å². The van der Waals surface area contributed by atoms with Gasteiger partial charge < -0.3 is 19.7 Å².